The predicted octanol–water partition coefficient (Wildman–Crippen LogP) is 2.57. The molecule has 0 unspecified atom stereocenters. The first kappa shape index (κ1) is 14.0. The Bertz CT molecular complexity index is 618. The molecule has 5 heteroatoms. The zero-order valence-corrected chi connectivity index (χ0v) is 11.7. The summed E-state index contributed by atoms with van der Waals surface area (Å²) in [6, 6.07) is 6.67. The molecule has 0 bridgehead atoms. The van der Waals surface area contributed by atoms with E-state index >= 15 is 0 Å². The van der Waals surface area contributed by atoms with Crippen molar-refractivity contribution in [1.29, 1.82) is 0 Å². The van der Waals surface area contributed by atoms with E-state index in [0.29, 0.717) is 6.54 Å². The second kappa shape index (κ2) is 5.69. The highest BCUT2D eigenvalue weighted by Crippen LogP contribution is 2.30. The molecule has 5 nitrogen and oxygen atoms in total. The van der Waals surface area contributed by atoms with Gasteiger partial charge in [0.05, 0.1) is 18.9 Å². The molecule has 0 saturated heterocycles. The normalized spacial score (nSPS) is 10.3. The van der Waals surface area contributed by atoms with Gasteiger partial charge >= 0.3 is 0 Å². The van der Waals surface area contributed by atoms with Gasteiger partial charge in [0.25, 0.3) is 5.91 Å². The number of carbonyl (C=O) groups excluding carboxylic acids is 1. The van der Waals surface area contributed by atoms with Crippen molar-refractivity contribution in [3.63, 3.8) is 0 Å². The standard InChI is InChI=1S/C15H17NO4/c1-10-11(7-8-20-10)9-16(2)15(18)12-5-4-6-13(19-3)14(12)17/h4-8,17H,9H2,1-3H3. The Morgan fingerprint density at radius 2 is 2.15 bits per heavy atom. The number of phenols is 1. The summed E-state index contributed by atoms with van der Waals surface area (Å²) in [4.78, 5) is 13.9. The Balaban J connectivity index is 2.21. The first-order chi connectivity index (χ1) is 9.54. The van der Waals surface area contributed by atoms with Crippen LogP contribution in [0.25, 0.3) is 0 Å². The van der Waals surface area contributed by atoms with Crippen LogP contribution in [0.4, 0.5) is 0 Å². The fourth-order valence-corrected chi connectivity index (χ4v) is 1.97. The monoisotopic (exact) mass is 275 g/mol. The molecule has 0 atom stereocenters. The molecule has 0 fully saturated rings. The molecule has 1 N–H and O–H groups in total. The topological polar surface area (TPSA) is 62.9 Å². The molecule has 106 valence electrons. The third kappa shape index (κ3) is 2.61. The van der Waals surface area contributed by atoms with Crippen LogP contribution in [0, 0.1) is 6.92 Å². The van der Waals surface area contributed by atoms with E-state index in [9.17, 15) is 9.90 Å². The Morgan fingerprint density at radius 1 is 1.40 bits per heavy atom. The largest absolute Gasteiger partial charge is 0.504 e. The maximum Gasteiger partial charge on any atom is 0.257 e. The number of aryl methyl sites for hydroxylation is 1. The molecule has 1 aromatic heterocycles. The van der Waals surface area contributed by atoms with Gasteiger partial charge < -0.3 is 19.2 Å². The van der Waals surface area contributed by atoms with Gasteiger partial charge in [-0.05, 0) is 25.1 Å². The number of methoxy groups -OCH3 is 1. The van der Waals surface area contributed by atoms with Crippen LogP contribution in [0.15, 0.2) is 34.9 Å². The number of amides is 1. The minimum atomic E-state index is -0.276. The second-order valence-electron chi connectivity index (χ2n) is 4.52. The number of phenolic OH excluding ortho intramolecular Hbond substituents is 1. The molecule has 2 aromatic rings. The first-order valence-corrected chi connectivity index (χ1v) is 6.19. The molecule has 1 aromatic carbocycles. The third-order valence-electron chi connectivity index (χ3n) is 3.17. The average Bonchev–Trinajstić information content (AvgIpc) is 2.84. The number of rotatable bonds is 4. The number of ether oxygens (including phenoxy) is 1. The van der Waals surface area contributed by atoms with Crippen molar-refractivity contribution in [2.75, 3.05) is 14.2 Å². The zero-order chi connectivity index (χ0) is 14.7. The van der Waals surface area contributed by atoms with Gasteiger partial charge in [-0.3, -0.25) is 4.79 Å². The Labute approximate surface area is 117 Å². The van der Waals surface area contributed by atoms with Gasteiger partial charge in [-0.25, -0.2) is 0 Å². The van der Waals surface area contributed by atoms with Gasteiger partial charge in [-0.1, -0.05) is 6.07 Å². The summed E-state index contributed by atoms with van der Waals surface area (Å²) in [6.07, 6.45) is 1.59. The van der Waals surface area contributed by atoms with Gasteiger partial charge in [0.1, 0.15) is 5.76 Å². The lowest BCUT2D eigenvalue weighted by Gasteiger charge is -2.18. The SMILES string of the molecule is COc1cccc(C(=O)N(C)Cc2ccoc2C)c1O. The Hall–Kier alpha value is -2.43. The molecule has 0 aliphatic heterocycles. The van der Waals surface area contributed by atoms with Gasteiger partial charge in [0, 0.05) is 19.2 Å². The summed E-state index contributed by atoms with van der Waals surface area (Å²) in [7, 11) is 3.12. The van der Waals surface area contributed by atoms with Crippen LogP contribution in [0.3, 0.4) is 0 Å². The van der Waals surface area contributed by atoms with E-state index < -0.39 is 0 Å². The number of hydrogen-bond donors (Lipinski definition) is 1. The van der Waals surface area contributed by atoms with Crippen LogP contribution in [0.2, 0.25) is 0 Å². The number of para-hydroxylation sites is 1. The lowest BCUT2D eigenvalue weighted by Crippen LogP contribution is -2.26. The predicted molar refractivity (Wildman–Crippen MR) is 73.9 cm³/mol. The van der Waals surface area contributed by atoms with E-state index in [-0.39, 0.29) is 23.0 Å². The molecule has 2 rings (SSSR count). The van der Waals surface area contributed by atoms with Crippen LogP contribution >= 0.6 is 0 Å². The van der Waals surface area contributed by atoms with Crippen molar-refractivity contribution in [3.8, 4) is 11.5 Å². The van der Waals surface area contributed by atoms with E-state index in [0.717, 1.165) is 11.3 Å². The van der Waals surface area contributed by atoms with Crippen molar-refractivity contribution >= 4 is 5.91 Å². The summed E-state index contributed by atoms with van der Waals surface area (Å²) < 4.78 is 10.2. The first-order valence-electron chi connectivity index (χ1n) is 6.19. The molecule has 0 aliphatic rings. The van der Waals surface area contributed by atoms with Gasteiger partial charge in [0.15, 0.2) is 11.5 Å². The van der Waals surface area contributed by atoms with Crippen molar-refractivity contribution < 1.29 is 19.1 Å². The minimum Gasteiger partial charge on any atom is -0.504 e. The van der Waals surface area contributed by atoms with E-state index in [1.54, 1.807) is 31.5 Å². The smallest absolute Gasteiger partial charge is 0.257 e. The molecule has 1 amide bonds. The van der Waals surface area contributed by atoms with E-state index in [1.165, 1.54) is 12.0 Å². The molecule has 20 heavy (non-hydrogen) atoms. The Morgan fingerprint density at radius 3 is 2.75 bits per heavy atom. The molecular formula is C15H17NO4. The van der Waals surface area contributed by atoms with Crippen LogP contribution in [-0.4, -0.2) is 30.1 Å². The van der Waals surface area contributed by atoms with Crippen molar-refractivity contribution in [2.45, 2.75) is 13.5 Å². The summed E-state index contributed by atoms with van der Waals surface area (Å²) in [5, 5.41) is 10.00. The third-order valence-corrected chi connectivity index (χ3v) is 3.17. The highest BCUT2D eigenvalue weighted by Gasteiger charge is 2.19. The fourth-order valence-electron chi connectivity index (χ4n) is 1.97. The highest BCUT2D eigenvalue weighted by molar-refractivity contribution is 5.97. The van der Waals surface area contributed by atoms with Gasteiger partial charge in [-0.15, -0.1) is 0 Å². The van der Waals surface area contributed by atoms with Crippen molar-refractivity contribution in [1.82, 2.24) is 4.90 Å². The van der Waals surface area contributed by atoms with Crippen LogP contribution in [0.1, 0.15) is 21.7 Å². The molecule has 1 heterocycles. The minimum absolute atomic E-state index is 0.143. The van der Waals surface area contributed by atoms with E-state index in [2.05, 4.69) is 0 Å². The van der Waals surface area contributed by atoms with Gasteiger partial charge in [0.2, 0.25) is 0 Å². The summed E-state index contributed by atoms with van der Waals surface area (Å²) in [5.41, 5.74) is 1.15. The highest BCUT2D eigenvalue weighted by atomic mass is 16.5. The lowest BCUT2D eigenvalue weighted by atomic mass is 10.1. The van der Waals surface area contributed by atoms with E-state index in [1.807, 2.05) is 13.0 Å². The second-order valence-corrected chi connectivity index (χ2v) is 4.52. The van der Waals surface area contributed by atoms with Crippen LogP contribution in [-0.2, 0) is 6.54 Å². The van der Waals surface area contributed by atoms with E-state index in [4.69, 9.17) is 9.15 Å². The number of nitrogens with zero attached hydrogens (tertiary/aromatic N) is 1. The molecule has 0 radical (unpaired) electrons. The quantitative estimate of drug-likeness (QED) is 0.931. The van der Waals surface area contributed by atoms with Crippen LogP contribution < -0.4 is 4.74 Å². The fraction of sp³-hybridized carbons (Fsp3) is 0.267. The van der Waals surface area contributed by atoms with Crippen LogP contribution in [0.5, 0.6) is 11.5 Å². The number of aromatic hydroxyl groups is 1. The number of hydrogen-bond acceptors (Lipinski definition) is 4. The summed E-state index contributed by atoms with van der Waals surface area (Å²) in [6.45, 7) is 2.26. The average molecular weight is 275 g/mol. The zero-order valence-electron chi connectivity index (χ0n) is 11.7. The molecular weight excluding hydrogens is 258 g/mol. The number of furan rings is 1. The maximum absolute atomic E-state index is 12.4. The van der Waals surface area contributed by atoms with Gasteiger partial charge in [-0.2, -0.15) is 0 Å². The maximum atomic E-state index is 12.4. The number of benzene rings is 1. The molecule has 0 saturated carbocycles. The van der Waals surface area contributed by atoms with Crippen molar-refractivity contribution in [2.24, 2.45) is 0 Å². The summed E-state index contributed by atoms with van der Waals surface area (Å²) in [5.74, 6) is 0.640. The van der Waals surface area contributed by atoms with Crippen molar-refractivity contribution in [3.05, 3.63) is 47.4 Å². The molecule has 0 spiro atoms. The Kier molecular flexibility index (Phi) is 3.98. The summed E-state index contributed by atoms with van der Waals surface area (Å²) >= 11 is 0. The molecule has 0 aliphatic carbocycles. The lowest BCUT2D eigenvalue weighted by molar-refractivity contribution is 0.0781. The number of carbonyl (C=O) groups is 1.